The molecule has 0 aliphatic carbocycles. The second-order valence-corrected chi connectivity index (χ2v) is 11.0. The van der Waals surface area contributed by atoms with Crippen molar-refractivity contribution in [1.29, 1.82) is 0 Å². The lowest BCUT2D eigenvalue weighted by Crippen LogP contribution is -2.69. The lowest BCUT2D eigenvalue weighted by molar-refractivity contribution is -0.0377. The number of thiophene rings is 1. The maximum atomic E-state index is 12.9. The molecule has 5 rings (SSSR count). The molecule has 3 aliphatic heterocycles. The van der Waals surface area contributed by atoms with Crippen LogP contribution < -0.4 is 5.32 Å². The lowest BCUT2D eigenvalue weighted by atomic mass is 9.72. The molecule has 1 atom stereocenters. The fourth-order valence-electron chi connectivity index (χ4n) is 4.53. The van der Waals surface area contributed by atoms with Crippen LogP contribution in [0.4, 0.5) is 0 Å². The molecule has 2 aromatic rings. The molecule has 27 heavy (non-hydrogen) atoms. The van der Waals surface area contributed by atoms with Crippen molar-refractivity contribution >= 4 is 49.6 Å². The predicted octanol–water partition coefficient (Wildman–Crippen LogP) is 3.33. The van der Waals surface area contributed by atoms with Crippen molar-refractivity contribution < 1.29 is 13.2 Å². The van der Waals surface area contributed by atoms with E-state index < -0.39 is 9.84 Å². The van der Waals surface area contributed by atoms with Gasteiger partial charge >= 0.3 is 0 Å². The van der Waals surface area contributed by atoms with Crippen molar-refractivity contribution in [1.82, 2.24) is 10.2 Å². The van der Waals surface area contributed by atoms with Crippen LogP contribution in [0.2, 0.25) is 0 Å². The fraction of sp³-hybridized carbons (Fsp3) is 0.526. The van der Waals surface area contributed by atoms with E-state index in [-0.39, 0.29) is 29.9 Å². The molecule has 1 aromatic carbocycles. The number of hydrogen-bond acceptors (Lipinski definition) is 5. The minimum absolute atomic E-state index is 0. The zero-order valence-corrected chi connectivity index (χ0v) is 18.1. The van der Waals surface area contributed by atoms with Gasteiger partial charge in [-0.15, -0.1) is 23.7 Å². The largest absolute Gasteiger partial charge is 0.346 e. The zero-order valence-electron chi connectivity index (χ0n) is 15.7. The van der Waals surface area contributed by atoms with E-state index in [9.17, 15) is 13.2 Å². The number of nitrogens with zero attached hydrogens (tertiary/aromatic N) is 1. The Hall–Kier alpha value is -1.15. The van der Waals surface area contributed by atoms with Crippen molar-refractivity contribution in [3.05, 3.63) is 29.1 Å². The minimum atomic E-state index is -3.32. The van der Waals surface area contributed by atoms with Crippen LogP contribution in [0.15, 0.2) is 29.2 Å². The molecular weight excluding hydrogens is 404 g/mol. The highest BCUT2D eigenvalue weighted by atomic mass is 35.5. The third-order valence-electron chi connectivity index (χ3n) is 6.00. The Morgan fingerprint density at radius 3 is 2.52 bits per heavy atom. The van der Waals surface area contributed by atoms with Crippen molar-refractivity contribution in [2.75, 3.05) is 19.3 Å². The second-order valence-electron chi connectivity index (χ2n) is 7.99. The van der Waals surface area contributed by atoms with Gasteiger partial charge in [-0.05, 0) is 63.2 Å². The Morgan fingerprint density at radius 2 is 1.93 bits per heavy atom. The Kier molecular flexibility index (Phi) is 5.36. The van der Waals surface area contributed by atoms with Crippen molar-refractivity contribution in [2.24, 2.45) is 5.92 Å². The summed E-state index contributed by atoms with van der Waals surface area (Å²) < 4.78 is 24.7. The fourth-order valence-corrected chi connectivity index (χ4v) is 6.86. The molecule has 3 saturated heterocycles. The summed E-state index contributed by atoms with van der Waals surface area (Å²) in [5.41, 5.74) is -0.0502. The van der Waals surface area contributed by atoms with E-state index in [1.54, 1.807) is 18.2 Å². The van der Waals surface area contributed by atoms with Gasteiger partial charge in [-0.3, -0.25) is 9.69 Å². The third kappa shape index (κ3) is 3.50. The van der Waals surface area contributed by atoms with Gasteiger partial charge in [0.2, 0.25) is 0 Å². The smallest absolute Gasteiger partial charge is 0.261 e. The number of fused-ring (bicyclic) bond motifs is 4. The maximum Gasteiger partial charge on any atom is 0.261 e. The first-order valence-electron chi connectivity index (χ1n) is 8.96. The third-order valence-corrected chi connectivity index (χ3v) is 8.46. The van der Waals surface area contributed by atoms with Gasteiger partial charge in [0.05, 0.1) is 14.5 Å². The second kappa shape index (κ2) is 7.03. The van der Waals surface area contributed by atoms with Gasteiger partial charge in [0.1, 0.15) is 0 Å². The molecule has 1 aromatic heterocycles. The van der Waals surface area contributed by atoms with E-state index in [1.165, 1.54) is 17.6 Å². The normalized spacial score (nSPS) is 26.6. The number of rotatable bonds is 3. The molecule has 1 amide bonds. The van der Waals surface area contributed by atoms with Crippen LogP contribution in [0.5, 0.6) is 0 Å². The molecule has 2 bridgehead atoms. The lowest BCUT2D eigenvalue weighted by Gasteiger charge is -2.56. The molecule has 0 unspecified atom stereocenters. The Bertz CT molecular complexity index is 976. The van der Waals surface area contributed by atoms with Crippen molar-refractivity contribution in [3.63, 3.8) is 0 Å². The van der Waals surface area contributed by atoms with Crippen LogP contribution in [0.25, 0.3) is 10.1 Å². The molecular formula is C19H25ClN2O3S2. The van der Waals surface area contributed by atoms with Crippen molar-refractivity contribution in [3.8, 4) is 0 Å². The van der Waals surface area contributed by atoms with Gasteiger partial charge in [-0.2, -0.15) is 0 Å². The summed E-state index contributed by atoms with van der Waals surface area (Å²) in [6.45, 7) is 6.61. The molecule has 8 heteroatoms. The van der Waals surface area contributed by atoms with E-state index >= 15 is 0 Å². The van der Waals surface area contributed by atoms with Crippen LogP contribution in [0, 0.1) is 5.92 Å². The standard InChI is InChI=1S/C19H24N2O3S2.ClH/c1-19(2)17(12-7-9-21(19)10-8-12)20-18(22)14-11-13-5-4-6-15(16(13)25-14)26(3,23)24;/h4-6,11-12,17H,7-10H2,1-3H3,(H,20,22);1H/t17-;/m1./s1. The number of carbonyl (C=O) groups excluding carboxylic acids is 1. The Morgan fingerprint density at radius 1 is 1.26 bits per heavy atom. The number of piperidine rings is 3. The molecule has 148 valence electrons. The number of sulfone groups is 1. The summed E-state index contributed by atoms with van der Waals surface area (Å²) in [6.07, 6.45) is 3.45. The van der Waals surface area contributed by atoms with E-state index in [0.717, 1.165) is 31.3 Å². The Labute approximate surface area is 170 Å². The number of amides is 1. The number of halogens is 1. The quantitative estimate of drug-likeness (QED) is 0.814. The van der Waals surface area contributed by atoms with Gasteiger partial charge < -0.3 is 5.32 Å². The Balaban J connectivity index is 0.00000210. The van der Waals surface area contributed by atoms with Crippen LogP contribution in [0.3, 0.4) is 0 Å². The number of nitrogens with one attached hydrogen (secondary N) is 1. The molecule has 3 aliphatic rings. The molecule has 3 fully saturated rings. The number of benzene rings is 1. The van der Waals surface area contributed by atoms with E-state index in [4.69, 9.17) is 0 Å². The molecule has 1 N–H and O–H groups in total. The first kappa shape index (κ1) is 20.6. The van der Waals surface area contributed by atoms with Crippen molar-refractivity contribution in [2.45, 2.75) is 43.2 Å². The summed E-state index contributed by atoms with van der Waals surface area (Å²) in [5, 5.41) is 4.06. The first-order valence-corrected chi connectivity index (χ1v) is 11.7. The summed E-state index contributed by atoms with van der Waals surface area (Å²) in [7, 11) is -3.32. The molecule has 4 heterocycles. The van der Waals surface area contributed by atoms with Gasteiger partial charge in [0, 0.05) is 17.8 Å². The molecule has 5 nitrogen and oxygen atoms in total. The zero-order chi connectivity index (χ0) is 18.7. The molecule has 0 radical (unpaired) electrons. The number of hydrogen-bond donors (Lipinski definition) is 1. The van der Waals surface area contributed by atoms with E-state index in [1.807, 2.05) is 6.07 Å². The maximum absolute atomic E-state index is 12.9. The highest BCUT2D eigenvalue weighted by molar-refractivity contribution is 7.91. The van der Waals surface area contributed by atoms with E-state index in [0.29, 0.717) is 20.4 Å². The summed E-state index contributed by atoms with van der Waals surface area (Å²) >= 11 is 1.26. The SMILES string of the molecule is CC1(C)[C@H](NC(=O)c2cc3cccc(S(C)(=O)=O)c3s2)C2CCN1CC2.Cl. The van der Waals surface area contributed by atoms with Gasteiger partial charge in [0.15, 0.2) is 9.84 Å². The minimum Gasteiger partial charge on any atom is -0.346 e. The summed E-state index contributed by atoms with van der Waals surface area (Å²) in [6, 6.07) is 7.11. The van der Waals surface area contributed by atoms with Crippen LogP contribution in [0.1, 0.15) is 36.4 Å². The van der Waals surface area contributed by atoms with Crippen LogP contribution >= 0.6 is 23.7 Å². The van der Waals surface area contributed by atoms with Gasteiger partial charge in [-0.25, -0.2) is 8.42 Å². The topological polar surface area (TPSA) is 66.5 Å². The first-order chi connectivity index (χ1) is 12.2. The highest BCUT2D eigenvalue weighted by Crippen LogP contribution is 2.39. The monoisotopic (exact) mass is 428 g/mol. The van der Waals surface area contributed by atoms with E-state index in [2.05, 4.69) is 24.1 Å². The molecule has 0 spiro atoms. The van der Waals surface area contributed by atoms with Crippen LogP contribution in [-0.2, 0) is 9.84 Å². The van der Waals surface area contributed by atoms with Gasteiger partial charge in [0.25, 0.3) is 5.91 Å². The average Bonchev–Trinajstić information content (AvgIpc) is 3.01. The molecule has 0 saturated carbocycles. The number of carbonyl (C=O) groups is 1. The highest BCUT2D eigenvalue weighted by Gasteiger charge is 2.48. The van der Waals surface area contributed by atoms with Gasteiger partial charge in [-0.1, -0.05) is 12.1 Å². The predicted molar refractivity (Wildman–Crippen MR) is 112 cm³/mol. The summed E-state index contributed by atoms with van der Waals surface area (Å²) in [5.74, 6) is 0.414. The van der Waals surface area contributed by atoms with Crippen LogP contribution in [-0.4, -0.2) is 50.2 Å². The summed E-state index contributed by atoms with van der Waals surface area (Å²) in [4.78, 5) is 16.3. The average molecular weight is 429 g/mol.